The number of nitrogens with one attached hydrogen (secondary N) is 1. The van der Waals surface area contributed by atoms with Gasteiger partial charge in [0, 0.05) is 18.1 Å². The first-order chi connectivity index (χ1) is 10.2. The Morgan fingerprint density at radius 3 is 2.67 bits per heavy atom. The Bertz CT molecular complexity index is 603. The molecule has 0 aliphatic carbocycles. The number of aliphatic hydroxyl groups excluding tert-OH is 1. The van der Waals surface area contributed by atoms with Gasteiger partial charge < -0.3 is 10.4 Å². The van der Waals surface area contributed by atoms with Gasteiger partial charge in [0.15, 0.2) is 0 Å². The first-order valence-corrected chi connectivity index (χ1v) is 7.47. The number of pyridine rings is 1. The highest BCUT2D eigenvalue weighted by Gasteiger charge is 2.18. The molecule has 2 aromatic rings. The van der Waals surface area contributed by atoms with Crippen LogP contribution in [0.4, 0.5) is 0 Å². The normalized spacial score (nSPS) is 12.6. The zero-order valence-electron chi connectivity index (χ0n) is 12.5. The van der Waals surface area contributed by atoms with Crippen LogP contribution in [0.1, 0.15) is 37.2 Å². The van der Waals surface area contributed by atoms with Gasteiger partial charge in [-0.3, -0.25) is 9.78 Å². The number of benzene rings is 1. The SMILES string of the molecule is CCC(CC)C(O)CNC(=O)c1nccc2ccccc12. The number of carbonyl (C=O) groups is 1. The molecule has 1 atom stereocenters. The second-order valence-corrected chi connectivity index (χ2v) is 5.23. The maximum atomic E-state index is 12.3. The predicted molar refractivity (Wildman–Crippen MR) is 84.2 cm³/mol. The summed E-state index contributed by atoms with van der Waals surface area (Å²) in [4.78, 5) is 16.5. The van der Waals surface area contributed by atoms with Crippen LogP contribution >= 0.6 is 0 Å². The molecule has 0 bridgehead atoms. The number of hydrogen-bond acceptors (Lipinski definition) is 3. The zero-order valence-corrected chi connectivity index (χ0v) is 12.5. The van der Waals surface area contributed by atoms with Crippen LogP contribution in [-0.4, -0.2) is 28.6 Å². The van der Waals surface area contributed by atoms with Crippen molar-refractivity contribution in [1.82, 2.24) is 10.3 Å². The highest BCUT2D eigenvalue weighted by atomic mass is 16.3. The second kappa shape index (κ2) is 7.18. The highest BCUT2D eigenvalue weighted by molar-refractivity contribution is 6.05. The summed E-state index contributed by atoms with van der Waals surface area (Å²) in [5, 5.41) is 14.7. The molecule has 1 aromatic heterocycles. The molecule has 0 fully saturated rings. The van der Waals surface area contributed by atoms with E-state index in [2.05, 4.69) is 10.3 Å². The molecule has 1 aromatic carbocycles. The Labute approximate surface area is 125 Å². The third-order valence-electron chi connectivity index (χ3n) is 3.95. The van der Waals surface area contributed by atoms with Crippen LogP contribution in [0.2, 0.25) is 0 Å². The third-order valence-corrected chi connectivity index (χ3v) is 3.95. The fourth-order valence-corrected chi connectivity index (χ4v) is 2.58. The van der Waals surface area contributed by atoms with Crippen molar-refractivity contribution in [2.24, 2.45) is 5.92 Å². The van der Waals surface area contributed by atoms with Crippen molar-refractivity contribution in [3.05, 3.63) is 42.2 Å². The summed E-state index contributed by atoms with van der Waals surface area (Å²) in [6, 6.07) is 9.53. The van der Waals surface area contributed by atoms with Crippen LogP contribution in [0.25, 0.3) is 10.8 Å². The lowest BCUT2D eigenvalue weighted by Gasteiger charge is -2.20. The summed E-state index contributed by atoms with van der Waals surface area (Å²) >= 11 is 0. The molecule has 1 amide bonds. The molecule has 0 saturated heterocycles. The average molecular weight is 286 g/mol. The smallest absolute Gasteiger partial charge is 0.270 e. The average Bonchev–Trinajstić information content (AvgIpc) is 2.53. The Kier molecular flexibility index (Phi) is 5.28. The number of nitrogens with zero attached hydrogens (tertiary/aromatic N) is 1. The summed E-state index contributed by atoms with van der Waals surface area (Å²) in [6.45, 7) is 4.35. The second-order valence-electron chi connectivity index (χ2n) is 5.23. The van der Waals surface area contributed by atoms with Gasteiger partial charge in [-0.15, -0.1) is 0 Å². The van der Waals surface area contributed by atoms with Gasteiger partial charge in [-0.1, -0.05) is 51.0 Å². The van der Waals surface area contributed by atoms with Gasteiger partial charge in [0.25, 0.3) is 5.91 Å². The van der Waals surface area contributed by atoms with E-state index in [1.165, 1.54) is 0 Å². The molecule has 112 valence electrons. The first kappa shape index (κ1) is 15.4. The van der Waals surface area contributed by atoms with Gasteiger partial charge in [-0.2, -0.15) is 0 Å². The van der Waals surface area contributed by atoms with Gasteiger partial charge in [0.05, 0.1) is 6.10 Å². The molecular weight excluding hydrogens is 264 g/mol. The van der Waals surface area contributed by atoms with E-state index in [-0.39, 0.29) is 18.4 Å². The van der Waals surface area contributed by atoms with E-state index in [4.69, 9.17) is 0 Å². The number of amides is 1. The van der Waals surface area contributed by atoms with Gasteiger partial charge in [-0.05, 0) is 17.4 Å². The minimum atomic E-state index is -0.515. The number of aliphatic hydroxyl groups is 1. The van der Waals surface area contributed by atoms with Gasteiger partial charge in [0.1, 0.15) is 5.69 Å². The standard InChI is InChI=1S/C17H22N2O2/c1-3-12(4-2)15(20)11-19-17(21)16-14-8-6-5-7-13(14)9-10-18-16/h5-10,12,15,20H,3-4,11H2,1-2H3,(H,19,21). The lowest BCUT2D eigenvalue weighted by molar-refractivity contribution is 0.0814. The van der Waals surface area contributed by atoms with Crippen molar-refractivity contribution in [3.63, 3.8) is 0 Å². The fourth-order valence-electron chi connectivity index (χ4n) is 2.58. The zero-order chi connectivity index (χ0) is 15.2. The molecule has 21 heavy (non-hydrogen) atoms. The Morgan fingerprint density at radius 1 is 1.24 bits per heavy atom. The lowest BCUT2D eigenvalue weighted by Crippen LogP contribution is -2.36. The molecule has 0 spiro atoms. The van der Waals surface area contributed by atoms with E-state index >= 15 is 0 Å². The van der Waals surface area contributed by atoms with Crippen LogP contribution in [0.15, 0.2) is 36.5 Å². The van der Waals surface area contributed by atoms with Crippen LogP contribution in [0, 0.1) is 5.92 Å². The molecule has 0 saturated carbocycles. The topological polar surface area (TPSA) is 62.2 Å². The van der Waals surface area contributed by atoms with E-state index in [0.717, 1.165) is 23.6 Å². The van der Waals surface area contributed by atoms with Gasteiger partial charge in [-0.25, -0.2) is 0 Å². The van der Waals surface area contributed by atoms with Crippen molar-refractivity contribution in [2.45, 2.75) is 32.8 Å². The molecule has 2 rings (SSSR count). The van der Waals surface area contributed by atoms with E-state index < -0.39 is 6.10 Å². The predicted octanol–water partition coefficient (Wildman–Crippen LogP) is 2.76. The van der Waals surface area contributed by atoms with Crippen LogP contribution < -0.4 is 5.32 Å². The van der Waals surface area contributed by atoms with E-state index in [1.807, 2.05) is 44.2 Å². The first-order valence-electron chi connectivity index (χ1n) is 7.47. The molecule has 0 aliphatic heterocycles. The highest BCUT2D eigenvalue weighted by Crippen LogP contribution is 2.16. The summed E-state index contributed by atoms with van der Waals surface area (Å²) in [7, 11) is 0. The molecule has 1 heterocycles. The fraction of sp³-hybridized carbons (Fsp3) is 0.412. The van der Waals surface area contributed by atoms with Crippen molar-refractivity contribution >= 4 is 16.7 Å². The molecule has 2 N–H and O–H groups in total. The van der Waals surface area contributed by atoms with Crippen molar-refractivity contribution in [1.29, 1.82) is 0 Å². The summed E-state index contributed by atoms with van der Waals surface area (Å²) in [5.74, 6) is -0.0254. The van der Waals surface area contributed by atoms with Crippen LogP contribution in [0.5, 0.6) is 0 Å². The van der Waals surface area contributed by atoms with Crippen molar-refractivity contribution in [2.75, 3.05) is 6.54 Å². The number of carbonyl (C=O) groups excluding carboxylic acids is 1. The maximum Gasteiger partial charge on any atom is 0.270 e. The number of aromatic nitrogens is 1. The molecule has 1 unspecified atom stereocenters. The lowest BCUT2D eigenvalue weighted by atomic mass is 9.96. The minimum Gasteiger partial charge on any atom is -0.391 e. The number of hydrogen-bond donors (Lipinski definition) is 2. The van der Waals surface area contributed by atoms with Crippen molar-refractivity contribution < 1.29 is 9.90 Å². The molecule has 0 aliphatic rings. The van der Waals surface area contributed by atoms with E-state index in [0.29, 0.717) is 5.69 Å². The number of rotatable bonds is 6. The van der Waals surface area contributed by atoms with Gasteiger partial charge >= 0.3 is 0 Å². The van der Waals surface area contributed by atoms with Gasteiger partial charge in [0.2, 0.25) is 0 Å². The summed E-state index contributed by atoms with van der Waals surface area (Å²) < 4.78 is 0. The minimum absolute atomic E-state index is 0.214. The third kappa shape index (κ3) is 3.58. The Balaban J connectivity index is 2.09. The quantitative estimate of drug-likeness (QED) is 0.858. The summed E-state index contributed by atoms with van der Waals surface area (Å²) in [6.07, 6.45) is 2.92. The number of fused-ring (bicyclic) bond motifs is 1. The Hall–Kier alpha value is -1.94. The molecule has 0 radical (unpaired) electrons. The van der Waals surface area contributed by atoms with Crippen LogP contribution in [0.3, 0.4) is 0 Å². The van der Waals surface area contributed by atoms with Crippen molar-refractivity contribution in [3.8, 4) is 0 Å². The molecular formula is C17H22N2O2. The molecule has 4 nitrogen and oxygen atoms in total. The van der Waals surface area contributed by atoms with E-state index in [1.54, 1.807) is 6.20 Å². The van der Waals surface area contributed by atoms with Crippen LogP contribution in [-0.2, 0) is 0 Å². The van der Waals surface area contributed by atoms with E-state index in [9.17, 15) is 9.90 Å². The molecule has 4 heteroatoms. The Morgan fingerprint density at radius 2 is 1.95 bits per heavy atom. The summed E-state index contributed by atoms with van der Waals surface area (Å²) in [5.41, 5.74) is 0.407. The monoisotopic (exact) mass is 286 g/mol. The largest absolute Gasteiger partial charge is 0.391 e. The maximum absolute atomic E-state index is 12.3.